The van der Waals surface area contributed by atoms with Crippen LogP contribution < -0.4 is 5.32 Å². The van der Waals surface area contributed by atoms with E-state index in [9.17, 15) is 8.78 Å². The third-order valence-electron chi connectivity index (χ3n) is 2.90. The van der Waals surface area contributed by atoms with E-state index >= 15 is 0 Å². The Hall–Kier alpha value is -1.49. The zero-order valence-electron chi connectivity index (χ0n) is 8.56. The fourth-order valence-corrected chi connectivity index (χ4v) is 1.96. The largest absolute Gasteiger partial charge is 0.342 e. The molecule has 3 rings (SSSR count). The second kappa shape index (κ2) is 3.52. The van der Waals surface area contributed by atoms with Crippen molar-refractivity contribution >= 4 is 11.0 Å². The van der Waals surface area contributed by atoms with Crippen LogP contribution in [0.4, 0.5) is 8.78 Å². The topological polar surface area (TPSA) is 40.7 Å². The Bertz CT molecular complexity index is 531. The second-order valence-electron chi connectivity index (χ2n) is 4.20. The van der Waals surface area contributed by atoms with Crippen molar-refractivity contribution in [1.29, 1.82) is 0 Å². The molecule has 0 amide bonds. The van der Waals surface area contributed by atoms with Gasteiger partial charge in [-0.25, -0.2) is 13.8 Å². The maximum Gasteiger partial charge on any atom is 0.153 e. The summed E-state index contributed by atoms with van der Waals surface area (Å²) in [4.78, 5) is 7.11. The van der Waals surface area contributed by atoms with E-state index in [1.54, 1.807) is 0 Å². The van der Waals surface area contributed by atoms with E-state index in [1.807, 2.05) is 0 Å². The molecule has 0 saturated carbocycles. The van der Waals surface area contributed by atoms with Crippen molar-refractivity contribution < 1.29 is 8.78 Å². The molecule has 3 nitrogen and oxygen atoms in total. The van der Waals surface area contributed by atoms with Crippen molar-refractivity contribution in [3.8, 4) is 0 Å². The molecule has 5 heteroatoms. The summed E-state index contributed by atoms with van der Waals surface area (Å²) in [6.07, 6.45) is 0.780. The van der Waals surface area contributed by atoms with Gasteiger partial charge in [-0.2, -0.15) is 0 Å². The summed E-state index contributed by atoms with van der Waals surface area (Å²) >= 11 is 0. The molecule has 0 aliphatic carbocycles. The van der Waals surface area contributed by atoms with E-state index in [-0.39, 0.29) is 5.52 Å². The Kier molecular flexibility index (Phi) is 2.14. The van der Waals surface area contributed by atoms with Crippen LogP contribution >= 0.6 is 0 Å². The minimum atomic E-state index is -0.607. The molecule has 0 bridgehead atoms. The van der Waals surface area contributed by atoms with Gasteiger partial charge in [0.15, 0.2) is 5.82 Å². The van der Waals surface area contributed by atoms with Crippen LogP contribution in [0.25, 0.3) is 11.0 Å². The average Bonchev–Trinajstić information content (AvgIpc) is 2.54. The molecule has 1 saturated heterocycles. The van der Waals surface area contributed by atoms with E-state index in [2.05, 4.69) is 15.3 Å². The zero-order valence-corrected chi connectivity index (χ0v) is 8.56. The average molecular weight is 223 g/mol. The van der Waals surface area contributed by atoms with Crippen LogP contribution in [0.5, 0.6) is 0 Å². The summed E-state index contributed by atoms with van der Waals surface area (Å²) in [6, 6.07) is 2.13. The van der Waals surface area contributed by atoms with Crippen LogP contribution in [-0.2, 0) is 6.42 Å². The minimum Gasteiger partial charge on any atom is -0.342 e. The molecule has 1 aromatic carbocycles. The van der Waals surface area contributed by atoms with Crippen molar-refractivity contribution in [3.63, 3.8) is 0 Å². The predicted molar refractivity (Wildman–Crippen MR) is 56.1 cm³/mol. The Morgan fingerprint density at radius 2 is 2.12 bits per heavy atom. The zero-order chi connectivity index (χ0) is 11.1. The number of hydrogen-bond acceptors (Lipinski definition) is 2. The third kappa shape index (κ3) is 1.57. The van der Waals surface area contributed by atoms with Crippen LogP contribution in [0.15, 0.2) is 12.1 Å². The van der Waals surface area contributed by atoms with Gasteiger partial charge in [0.05, 0.1) is 5.52 Å². The summed E-state index contributed by atoms with van der Waals surface area (Å²) in [5, 5.41) is 3.16. The number of aromatic amines is 1. The minimum absolute atomic E-state index is 0.226. The molecule has 0 unspecified atom stereocenters. The Balaban J connectivity index is 1.98. The van der Waals surface area contributed by atoms with Crippen molar-refractivity contribution in [2.24, 2.45) is 5.92 Å². The van der Waals surface area contributed by atoms with E-state index < -0.39 is 11.6 Å². The van der Waals surface area contributed by atoms with E-state index in [0.29, 0.717) is 11.4 Å². The van der Waals surface area contributed by atoms with E-state index in [1.165, 1.54) is 6.07 Å². The van der Waals surface area contributed by atoms with Crippen LogP contribution in [-0.4, -0.2) is 23.1 Å². The molecule has 2 aromatic rings. The van der Waals surface area contributed by atoms with Gasteiger partial charge >= 0.3 is 0 Å². The first-order valence-corrected chi connectivity index (χ1v) is 5.27. The van der Waals surface area contributed by atoms with E-state index in [4.69, 9.17) is 0 Å². The Morgan fingerprint density at radius 1 is 1.31 bits per heavy atom. The molecular formula is C11H11F2N3. The van der Waals surface area contributed by atoms with Gasteiger partial charge in [-0.1, -0.05) is 0 Å². The predicted octanol–water partition coefficient (Wildman–Crippen LogP) is 1.60. The molecule has 0 radical (unpaired) electrons. The highest BCUT2D eigenvalue weighted by Crippen LogP contribution is 2.19. The molecule has 0 spiro atoms. The smallest absolute Gasteiger partial charge is 0.153 e. The summed E-state index contributed by atoms with van der Waals surface area (Å²) in [5.41, 5.74) is 0.656. The standard InChI is InChI=1S/C11H11F2N3/c12-7-2-8(13)11-9(3-7)15-10(16-11)1-6-4-14-5-6/h2-3,6,14H,1,4-5H2,(H,15,16). The maximum atomic E-state index is 13.4. The number of hydrogen-bond donors (Lipinski definition) is 2. The highest BCUT2D eigenvalue weighted by atomic mass is 19.1. The second-order valence-corrected chi connectivity index (χ2v) is 4.20. The van der Waals surface area contributed by atoms with Crippen LogP contribution in [0.1, 0.15) is 5.82 Å². The lowest BCUT2D eigenvalue weighted by Crippen LogP contribution is -2.43. The summed E-state index contributed by atoms with van der Waals surface area (Å²) in [7, 11) is 0. The maximum absolute atomic E-state index is 13.4. The van der Waals surface area contributed by atoms with Gasteiger partial charge < -0.3 is 10.3 Å². The number of nitrogens with one attached hydrogen (secondary N) is 2. The number of rotatable bonds is 2. The van der Waals surface area contributed by atoms with Gasteiger partial charge in [0.25, 0.3) is 0 Å². The molecule has 1 aliphatic heterocycles. The Morgan fingerprint density at radius 3 is 2.81 bits per heavy atom. The molecule has 2 heterocycles. The quantitative estimate of drug-likeness (QED) is 0.812. The lowest BCUT2D eigenvalue weighted by Gasteiger charge is -2.25. The molecular weight excluding hydrogens is 212 g/mol. The molecule has 2 N–H and O–H groups in total. The molecule has 1 fully saturated rings. The van der Waals surface area contributed by atoms with Crippen LogP contribution in [0.2, 0.25) is 0 Å². The first-order valence-electron chi connectivity index (χ1n) is 5.27. The van der Waals surface area contributed by atoms with Crippen LogP contribution in [0, 0.1) is 17.6 Å². The Labute approximate surface area is 90.9 Å². The number of imidazole rings is 1. The summed E-state index contributed by atoms with van der Waals surface area (Å²) in [6.45, 7) is 1.93. The van der Waals surface area contributed by atoms with Gasteiger partial charge in [0, 0.05) is 12.5 Å². The summed E-state index contributed by atoms with van der Waals surface area (Å²) in [5.74, 6) is 0.0919. The van der Waals surface area contributed by atoms with Crippen molar-refractivity contribution in [1.82, 2.24) is 15.3 Å². The fourth-order valence-electron chi connectivity index (χ4n) is 1.96. The lowest BCUT2D eigenvalue weighted by molar-refractivity contribution is 0.342. The summed E-state index contributed by atoms with van der Waals surface area (Å²) < 4.78 is 26.3. The molecule has 1 aliphatic rings. The van der Waals surface area contributed by atoms with Gasteiger partial charge in [0.1, 0.15) is 17.2 Å². The van der Waals surface area contributed by atoms with Crippen molar-refractivity contribution in [3.05, 3.63) is 29.6 Å². The van der Waals surface area contributed by atoms with E-state index in [0.717, 1.165) is 31.4 Å². The first kappa shape index (κ1) is 9.72. The molecule has 84 valence electrons. The highest BCUT2D eigenvalue weighted by Gasteiger charge is 2.19. The van der Waals surface area contributed by atoms with Crippen molar-refractivity contribution in [2.45, 2.75) is 6.42 Å². The number of benzene rings is 1. The monoisotopic (exact) mass is 223 g/mol. The SMILES string of the molecule is Fc1cc(F)c2nc(CC3CNC3)[nH]c2c1. The normalized spacial score (nSPS) is 16.6. The van der Waals surface area contributed by atoms with Gasteiger partial charge in [0.2, 0.25) is 0 Å². The first-order chi connectivity index (χ1) is 7.72. The van der Waals surface area contributed by atoms with Gasteiger partial charge in [-0.3, -0.25) is 0 Å². The molecule has 16 heavy (non-hydrogen) atoms. The third-order valence-corrected chi connectivity index (χ3v) is 2.90. The number of fused-ring (bicyclic) bond motifs is 1. The highest BCUT2D eigenvalue weighted by molar-refractivity contribution is 5.75. The number of nitrogens with zero attached hydrogens (tertiary/aromatic N) is 1. The molecule has 0 atom stereocenters. The van der Waals surface area contributed by atoms with Crippen molar-refractivity contribution in [2.75, 3.05) is 13.1 Å². The number of aromatic nitrogens is 2. The van der Waals surface area contributed by atoms with Gasteiger partial charge in [-0.05, 0) is 25.1 Å². The fraction of sp³-hybridized carbons (Fsp3) is 0.364. The number of halogens is 2. The molecule has 1 aromatic heterocycles. The number of H-pyrrole nitrogens is 1. The lowest BCUT2D eigenvalue weighted by atomic mass is 9.99. The van der Waals surface area contributed by atoms with Gasteiger partial charge in [-0.15, -0.1) is 0 Å². The van der Waals surface area contributed by atoms with Crippen LogP contribution in [0.3, 0.4) is 0 Å².